The number of ether oxygens (including phenoxy) is 2. The van der Waals surface area contributed by atoms with Crippen molar-refractivity contribution in [1.82, 2.24) is 0 Å². The van der Waals surface area contributed by atoms with Crippen molar-refractivity contribution in [1.29, 1.82) is 0 Å². The van der Waals surface area contributed by atoms with Crippen LogP contribution in [-0.2, 0) is 43.7 Å². The molecule has 0 bridgehead atoms. The number of carbonyl (C=O) groups excluding carboxylic acids is 2. The Labute approximate surface area is 230 Å². The molecule has 0 fully saturated rings. The van der Waals surface area contributed by atoms with Crippen LogP contribution >= 0.6 is 7.60 Å². The van der Waals surface area contributed by atoms with Crippen LogP contribution in [0.2, 0.25) is 18.1 Å². The van der Waals surface area contributed by atoms with Gasteiger partial charge in [0.2, 0.25) is 0 Å². The van der Waals surface area contributed by atoms with Gasteiger partial charge < -0.3 is 22.9 Å². The molecule has 0 spiro atoms. The van der Waals surface area contributed by atoms with Crippen LogP contribution in [0.15, 0.2) is 30.3 Å². The molecule has 10 heteroatoms. The van der Waals surface area contributed by atoms with Gasteiger partial charge in [0.25, 0.3) is 0 Å². The van der Waals surface area contributed by atoms with Gasteiger partial charge in [0, 0.05) is 24.9 Å². The lowest BCUT2D eigenvalue weighted by Gasteiger charge is -2.37. The fraction of sp³-hybridized carbons (Fsp3) is 0.714. The maximum atomic E-state index is 13.1. The van der Waals surface area contributed by atoms with Crippen molar-refractivity contribution in [3.8, 4) is 0 Å². The summed E-state index contributed by atoms with van der Waals surface area (Å²) in [6, 6.07) is 9.75. The van der Waals surface area contributed by atoms with Gasteiger partial charge in [-0.25, -0.2) is 0 Å². The van der Waals surface area contributed by atoms with E-state index in [1.165, 1.54) is 0 Å². The van der Waals surface area contributed by atoms with Gasteiger partial charge in [-0.2, -0.15) is 0 Å². The van der Waals surface area contributed by atoms with E-state index in [0.29, 0.717) is 13.2 Å². The molecule has 1 aromatic rings. The molecule has 0 aromatic heterocycles. The molecule has 0 aliphatic heterocycles. The van der Waals surface area contributed by atoms with Gasteiger partial charge >= 0.3 is 13.6 Å². The molecule has 0 aliphatic rings. The van der Waals surface area contributed by atoms with Gasteiger partial charge in [0.1, 0.15) is 18.0 Å². The minimum Gasteiger partial charge on any atom is -0.461 e. The van der Waals surface area contributed by atoms with Gasteiger partial charge in [-0.05, 0) is 37.5 Å². The van der Waals surface area contributed by atoms with Crippen molar-refractivity contribution in [3.63, 3.8) is 0 Å². The highest BCUT2D eigenvalue weighted by molar-refractivity contribution is 7.54. The Morgan fingerprint density at radius 3 is 2.08 bits per heavy atom. The molecule has 0 unspecified atom stereocenters. The molecule has 0 N–H and O–H groups in total. The van der Waals surface area contributed by atoms with Crippen molar-refractivity contribution >= 4 is 27.7 Å². The number of ketones is 1. The normalized spacial score (nSPS) is 15.1. The summed E-state index contributed by atoms with van der Waals surface area (Å²) in [6.07, 6.45) is -1.24. The topological polar surface area (TPSA) is 97.4 Å². The summed E-state index contributed by atoms with van der Waals surface area (Å²) >= 11 is 0. The molecule has 0 radical (unpaired) electrons. The highest BCUT2D eigenvalue weighted by atomic mass is 31.2. The molecule has 1 aromatic carbocycles. The first-order chi connectivity index (χ1) is 17.6. The molecule has 8 nitrogen and oxygen atoms in total. The number of benzene rings is 1. The Morgan fingerprint density at radius 1 is 0.974 bits per heavy atom. The maximum absolute atomic E-state index is 13.1. The Bertz CT molecular complexity index is 890. The summed E-state index contributed by atoms with van der Waals surface area (Å²) in [6.45, 7) is 19.1. The predicted molar refractivity (Wildman–Crippen MR) is 153 cm³/mol. The van der Waals surface area contributed by atoms with Crippen molar-refractivity contribution in [2.24, 2.45) is 11.8 Å². The van der Waals surface area contributed by atoms with Crippen LogP contribution in [0.25, 0.3) is 0 Å². The Morgan fingerprint density at radius 2 is 1.55 bits per heavy atom. The van der Waals surface area contributed by atoms with Crippen LogP contribution in [-0.4, -0.2) is 58.8 Å². The summed E-state index contributed by atoms with van der Waals surface area (Å²) in [7, 11) is -5.68. The average molecular weight is 573 g/mol. The number of carbonyl (C=O) groups is 2. The lowest BCUT2D eigenvalue weighted by molar-refractivity contribution is -0.151. The SMILES string of the molecule is CCOP(=O)(CC(=O)O[C@@H](CC(=O)[C@H](C)COCc1ccccc1)[C@@H](C)CO[Si](C)(C)C(C)(C)C)OCC. The third kappa shape index (κ3) is 12.2. The average Bonchev–Trinajstić information content (AvgIpc) is 2.82. The zero-order valence-corrected chi connectivity index (χ0v) is 26.7. The second-order valence-corrected chi connectivity index (χ2v) is 18.1. The molecule has 0 heterocycles. The number of hydrogen-bond donors (Lipinski definition) is 0. The fourth-order valence-electron chi connectivity index (χ4n) is 3.33. The number of esters is 1. The van der Waals surface area contributed by atoms with Crippen molar-refractivity contribution < 1.29 is 37.1 Å². The van der Waals surface area contributed by atoms with Crippen LogP contribution in [0, 0.1) is 11.8 Å². The van der Waals surface area contributed by atoms with Crippen molar-refractivity contribution in [3.05, 3.63) is 35.9 Å². The number of Topliss-reactive ketones (excluding diaryl/α,β-unsaturated/α-hetero) is 1. The van der Waals surface area contributed by atoms with E-state index in [9.17, 15) is 14.2 Å². The molecule has 0 amide bonds. The van der Waals surface area contributed by atoms with E-state index in [-0.39, 0.29) is 48.9 Å². The quantitative estimate of drug-likeness (QED) is 0.110. The zero-order valence-electron chi connectivity index (χ0n) is 24.8. The summed E-state index contributed by atoms with van der Waals surface area (Å²) in [5.41, 5.74) is 1.03. The Kier molecular flexibility index (Phi) is 14.6. The fourth-order valence-corrected chi connectivity index (χ4v) is 5.88. The standard InChI is InChI=1S/C28H49O8PSi/c1-10-33-37(31,34-11-2)21-27(30)36-26(23(4)19-35-38(8,9)28(5,6)7)17-25(29)22(3)18-32-20-24-15-13-12-14-16-24/h12-16,22-23,26H,10-11,17-21H2,1-9H3/t22-,23+,26+/m1/s1. The Hall–Kier alpha value is -1.35. The van der Waals surface area contributed by atoms with Crippen LogP contribution in [0.1, 0.15) is 60.5 Å². The molecule has 0 saturated heterocycles. The van der Waals surface area contributed by atoms with Crippen molar-refractivity contribution in [2.45, 2.75) is 85.7 Å². The molecular weight excluding hydrogens is 523 g/mol. The molecule has 0 aliphatic carbocycles. The van der Waals surface area contributed by atoms with E-state index in [4.69, 9.17) is 22.9 Å². The first-order valence-corrected chi connectivity index (χ1v) is 18.1. The third-order valence-electron chi connectivity index (χ3n) is 6.84. The highest BCUT2D eigenvalue weighted by Gasteiger charge is 2.39. The lowest BCUT2D eigenvalue weighted by Crippen LogP contribution is -2.43. The predicted octanol–water partition coefficient (Wildman–Crippen LogP) is 6.63. The molecule has 218 valence electrons. The van der Waals surface area contributed by atoms with Gasteiger partial charge in [-0.3, -0.25) is 14.2 Å². The van der Waals surface area contributed by atoms with E-state index in [0.717, 1.165) is 5.56 Å². The van der Waals surface area contributed by atoms with Crippen LogP contribution in [0.4, 0.5) is 0 Å². The molecule has 0 saturated carbocycles. The molecular formula is C28H49O8PSi. The van der Waals surface area contributed by atoms with Crippen LogP contribution in [0.5, 0.6) is 0 Å². The first-order valence-electron chi connectivity index (χ1n) is 13.5. The van der Waals surface area contributed by atoms with E-state index in [1.54, 1.807) is 20.8 Å². The molecule has 3 atom stereocenters. The largest absolute Gasteiger partial charge is 0.461 e. The minimum absolute atomic E-state index is 0.0111. The summed E-state index contributed by atoms with van der Waals surface area (Å²) in [5, 5.41) is 0.0148. The smallest absolute Gasteiger partial charge is 0.341 e. The zero-order chi connectivity index (χ0) is 29.0. The van der Waals surface area contributed by atoms with Gasteiger partial charge in [0.05, 0.1) is 26.4 Å². The van der Waals surface area contributed by atoms with E-state index in [2.05, 4.69) is 33.9 Å². The second kappa shape index (κ2) is 16.0. The van der Waals surface area contributed by atoms with E-state index in [1.807, 2.05) is 37.3 Å². The Balaban J connectivity index is 2.90. The summed E-state index contributed by atoms with van der Waals surface area (Å²) in [5.74, 6) is -1.44. The molecule has 1 rings (SSSR count). The number of hydrogen-bond acceptors (Lipinski definition) is 8. The lowest BCUT2D eigenvalue weighted by atomic mass is 9.95. The van der Waals surface area contributed by atoms with Crippen LogP contribution in [0.3, 0.4) is 0 Å². The minimum atomic E-state index is -3.63. The van der Waals surface area contributed by atoms with Crippen LogP contribution < -0.4 is 0 Å². The van der Waals surface area contributed by atoms with E-state index < -0.39 is 34.1 Å². The van der Waals surface area contributed by atoms with Crippen molar-refractivity contribution in [2.75, 3.05) is 32.6 Å². The summed E-state index contributed by atoms with van der Waals surface area (Å²) in [4.78, 5) is 26.0. The first kappa shape index (κ1) is 34.7. The number of rotatable bonds is 18. The van der Waals surface area contributed by atoms with Gasteiger partial charge in [0.15, 0.2) is 8.32 Å². The monoisotopic (exact) mass is 572 g/mol. The van der Waals surface area contributed by atoms with E-state index >= 15 is 0 Å². The molecule has 38 heavy (non-hydrogen) atoms. The third-order valence-corrected chi connectivity index (χ3v) is 13.3. The summed E-state index contributed by atoms with van der Waals surface area (Å²) < 4.78 is 41.2. The van der Waals surface area contributed by atoms with Gasteiger partial charge in [-0.15, -0.1) is 0 Å². The highest BCUT2D eigenvalue weighted by Crippen LogP contribution is 2.48. The maximum Gasteiger partial charge on any atom is 0.341 e. The van der Waals surface area contributed by atoms with Gasteiger partial charge in [-0.1, -0.05) is 65.0 Å². The second-order valence-electron chi connectivity index (χ2n) is 11.3.